The zero-order valence-corrected chi connectivity index (χ0v) is 12.3. The molecule has 0 aliphatic carbocycles. The quantitative estimate of drug-likeness (QED) is 0.636. The van der Waals surface area contributed by atoms with Crippen LogP contribution in [0.4, 0.5) is 0 Å². The molecule has 2 N–H and O–H groups in total. The molecule has 4 nitrogen and oxygen atoms in total. The van der Waals surface area contributed by atoms with Gasteiger partial charge in [-0.2, -0.15) is 0 Å². The fourth-order valence-electron chi connectivity index (χ4n) is 1.47. The molecule has 0 aromatic heterocycles. The zero-order valence-electron chi connectivity index (χ0n) is 11.3. The SMILES string of the molecule is CCO[Si](CN)(OCC)OC(C)(CC)CC. The van der Waals surface area contributed by atoms with Crippen molar-refractivity contribution in [1.82, 2.24) is 0 Å². The maximum absolute atomic E-state index is 6.12. The van der Waals surface area contributed by atoms with Gasteiger partial charge in [-0.1, -0.05) is 13.8 Å². The molecule has 98 valence electrons. The Morgan fingerprint density at radius 1 is 1.00 bits per heavy atom. The molecule has 0 saturated heterocycles. The zero-order chi connectivity index (χ0) is 12.7. The van der Waals surface area contributed by atoms with Crippen molar-refractivity contribution in [3.05, 3.63) is 0 Å². The number of nitrogens with two attached hydrogens (primary N) is 1. The van der Waals surface area contributed by atoms with Crippen LogP contribution in [-0.2, 0) is 13.3 Å². The molecule has 0 radical (unpaired) electrons. The Balaban J connectivity index is 4.73. The minimum Gasteiger partial charge on any atom is -0.373 e. The summed E-state index contributed by atoms with van der Waals surface area (Å²) in [6.45, 7) is 11.3. The molecule has 5 heteroatoms. The molecule has 0 unspecified atom stereocenters. The first kappa shape index (κ1) is 16.1. The van der Waals surface area contributed by atoms with Crippen LogP contribution >= 0.6 is 0 Å². The summed E-state index contributed by atoms with van der Waals surface area (Å²) in [5.41, 5.74) is 5.58. The average molecular weight is 249 g/mol. The van der Waals surface area contributed by atoms with Gasteiger partial charge in [-0.15, -0.1) is 0 Å². The minimum absolute atomic E-state index is 0.198. The standard InChI is InChI=1S/C11H27NO3Si/c1-6-11(5,7-2)15-16(10-12,13-8-3)14-9-4/h6-10,12H2,1-5H3. The van der Waals surface area contributed by atoms with E-state index in [2.05, 4.69) is 20.8 Å². The van der Waals surface area contributed by atoms with Crippen molar-refractivity contribution in [3.63, 3.8) is 0 Å². The molecular formula is C11H27NO3Si. The van der Waals surface area contributed by atoms with Crippen LogP contribution in [0.2, 0.25) is 0 Å². The lowest BCUT2D eigenvalue weighted by atomic mass is 10.0. The van der Waals surface area contributed by atoms with Crippen molar-refractivity contribution in [2.75, 3.05) is 19.4 Å². The van der Waals surface area contributed by atoms with Crippen molar-refractivity contribution >= 4 is 8.80 Å². The summed E-state index contributed by atoms with van der Waals surface area (Å²) in [7, 11) is -2.67. The number of rotatable bonds is 9. The Labute approximate surface area is 101 Å². The normalized spacial score (nSPS) is 13.1. The van der Waals surface area contributed by atoms with Gasteiger partial charge in [-0.05, 0) is 33.6 Å². The summed E-state index contributed by atoms with van der Waals surface area (Å²) < 4.78 is 17.5. The van der Waals surface area contributed by atoms with Gasteiger partial charge in [0.2, 0.25) is 0 Å². The second kappa shape index (κ2) is 7.40. The lowest BCUT2D eigenvalue weighted by Crippen LogP contribution is -2.57. The fourth-order valence-corrected chi connectivity index (χ4v) is 3.91. The summed E-state index contributed by atoms with van der Waals surface area (Å²) >= 11 is 0. The van der Waals surface area contributed by atoms with E-state index in [4.69, 9.17) is 19.0 Å². The molecule has 0 saturated carbocycles. The maximum atomic E-state index is 6.12. The molecule has 0 aromatic rings. The van der Waals surface area contributed by atoms with E-state index >= 15 is 0 Å². The maximum Gasteiger partial charge on any atom is 0.515 e. The van der Waals surface area contributed by atoms with Gasteiger partial charge in [0.15, 0.2) is 0 Å². The first-order chi connectivity index (χ1) is 7.51. The minimum atomic E-state index is -2.67. The van der Waals surface area contributed by atoms with Gasteiger partial charge < -0.3 is 19.0 Å². The lowest BCUT2D eigenvalue weighted by molar-refractivity contribution is -0.0234. The van der Waals surface area contributed by atoms with Gasteiger partial charge in [0.1, 0.15) is 0 Å². The Hall–Kier alpha value is 0.0569. The van der Waals surface area contributed by atoms with Crippen LogP contribution < -0.4 is 5.73 Å². The third-order valence-electron chi connectivity index (χ3n) is 2.88. The monoisotopic (exact) mass is 249 g/mol. The van der Waals surface area contributed by atoms with Crippen LogP contribution in [0, 0.1) is 0 Å². The number of hydrogen-bond acceptors (Lipinski definition) is 4. The van der Waals surface area contributed by atoms with Crippen molar-refractivity contribution in [2.45, 2.75) is 53.1 Å². The van der Waals surface area contributed by atoms with Gasteiger partial charge in [0.25, 0.3) is 0 Å². The van der Waals surface area contributed by atoms with Crippen LogP contribution in [0.3, 0.4) is 0 Å². The Kier molecular flexibility index (Phi) is 7.42. The molecule has 0 aliphatic heterocycles. The molecule has 0 heterocycles. The molecule has 0 spiro atoms. The predicted molar refractivity (Wildman–Crippen MR) is 68.1 cm³/mol. The van der Waals surface area contributed by atoms with Crippen LogP contribution in [0.25, 0.3) is 0 Å². The summed E-state index contributed by atoms with van der Waals surface area (Å²) in [6.07, 6.45) is 2.20. The lowest BCUT2D eigenvalue weighted by Gasteiger charge is -2.37. The van der Waals surface area contributed by atoms with Crippen molar-refractivity contribution in [1.29, 1.82) is 0 Å². The van der Waals surface area contributed by atoms with Crippen LogP contribution in [0.5, 0.6) is 0 Å². The smallest absolute Gasteiger partial charge is 0.373 e. The third-order valence-corrected chi connectivity index (χ3v) is 5.64. The Bertz CT molecular complexity index is 180. The molecule has 16 heavy (non-hydrogen) atoms. The van der Waals surface area contributed by atoms with Gasteiger partial charge in [-0.25, -0.2) is 0 Å². The summed E-state index contributed by atoms with van der Waals surface area (Å²) in [5, 5.41) is 0. The van der Waals surface area contributed by atoms with E-state index in [1.165, 1.54) is 0 Å². The van der Waals surface area contributed by atoms with Crippen LogP contribution in [0.15, 0.2) is 0 Å². The predicted octanol–water partition coefficient (Wildman–Crippen LogP) is 2.09. The van der Waals surface area contributed by atoms with Crippen molar-refractivity contribution < 1.29 is 13.3 Å². The van der Waals surface area contributed by atoms with Gasteiger partial charge in [0, 0.05) is 13.2 Å². The van der Waals surface area contributed by atoms with E-state index in [1.54, 1.807) is 0 Å². The second-order valence-corrected chi connectivity index (χ2v) is 6.57. The molecule has 0 aliphatic rings. The molecule has 0 amide bonds. The largest absolute Gasteiger partial charge is 0.515 e. The molecule has 0 atom stereocenters. The van der Waals surface area contributed by atoms with Crippen molar-refractivity contribution in [3.8, 4) is 0 Å². The van der Waals surface area contributed by atoms with E-state index in [-0.39, 0.29) is 5.60 Å². The molecule has 0 bridgehead atoms. The second-order valence-electron chi connectivity index (χ2n) is 4.01. The van der Waals surface area contributed by atoms with Crippen molar-refractivity contribution in [2.24, 2.45) is 5.73 Å². The van der Waals surface area contributed by atoms with Gasteiger partial charge in [0.05, 0.1) is 11.8 Å². The van der Waals surface area contributed by atoms with Gasteiger partial charge >= 0.3 is 8.80 Å². The van der Waals surface area contributed by atoms with Gasteiger partial charge in [-0.3, -0.25) is 0 Å². The Morgan fingerprint density at radius 2 is 1.44 bits per heavy atom. The summed E-state index contributed by atoms with van der Waals surface area (Å²) in [5.74, 6) is 0. The first-order valence-electron chi connectivity index (χ1n) is 6.19. The number of hydrogen-bond donors (Lipinski definition) is 1. The van der Waals surface area contributed by atoms with E-state index < -0.39 is 8.80 Å². The highest BCUT2D eigenvalue weighted by Gasteiger charge is 2.44. The first-order valence-corrected chi connectivity index (χ1v) is 8.12. The molecule has 0 rings (SSSR count). The highest BCUT2D eigenvalue weighted by molar-refractivity contribution is 6.61. The fraction of sp³-hybridized carbons (Fsp3) is 1.00. The van der Waals surface area contributed by atoms with E-state index in [0.29, 0.717) is 19.4 Å². The topological polar surface area (TPSA) is 53.7 Å². The van der Waals surface area contributed by atoms with E-state index in [1.807, 2.05) is 13.8 Å². The third kappa shape index (κ3) is 4.51. The average Bonchev–Trinajstić information content (AvgIpc) is 2.29. The van der Waals surface area contributed by atoms with E-state index in [9.17, 15) is 0 Å². The van der Waals surface area contributed by atoms with E-state index in [0.717, 1.165) is 12.8 Å². The highest BCUT2D eigenvalue weighted by Crippen LogP contribution is 2.25. The molecular weight excluding hydrogens is 222 g/mol. The molecule has 0 fully saturated rings. The summed E-state index contributed by atoms with van der Waals surface area (Å²) in [6, 6.07) is 0. The summed E-state index contributed by atoms with van der Waals surface area (Å²) in [4.78, 5) is 0. The van der Waals surface area contributed by atoms with Crippen LogP contribution in [-0.4, -0.2) is 33.8 Å². The van der Waals surface area contributed by atoms with Crippen LogP contribution in [0.1, 0.15) is 47.5 Å². The Morgan fingerprint density at radius 3 is 1.69 bits per heavy atom. The molecule has 0 aromatic carbocycles. The highest BCUT2D eigenvalue weighted by atomic mass is 28.4.